The number of rotatable bonds is 6. The highest BCUT2D eigenvalue weighted by Gasteiger charge is 2.37. The molecule has 0 saturated heterocycles. The van der Waals surface area contributed by atoms with Crippen molar-refractivity contribution in [2.75, 3.05) is 14.0 Å². The van der Waals surface area contributed by atoms with E-state index in [9.17, 15) is 14.0 Å². The second-order valence-corrected chi connectivity index (χ2v) is 6.27. The van der Waals surface area contributed by atoms with Crippen molar-refractivity contribution in [2.45, 2.75) is 45.2 Å². The highest BCUT2D eigenvalue weighted by Crippen LogP contribution is 2.19. The molecule has 1 rings (SSSR count). The lowest BCUT2D eigenvalue weighted by atomic mass is 9.93. The maximum Gasteiger partial charge on any atom is 0.408 e. The SMILES string of the molecule is [2H]C[C@@](Cc1ccc(OCF)cc1)(NC(=O)OC(C)(C)C)C(=O)OC. The molecule has 1 aromatic rings. The van der Waals surface area contributed by atoms with Gasteiger partial charge in [0.05, 0.1) is 7.11 Å². The molecule has 24 heavy (non-hydrogen) atoms. The highest BCUT2D eigenvalue weighted by atomic mass is 19.1. The van der Waals surface area contributed by atoms with Gasteiger partial charge in [-0.2, -0.15) is 0 Å². The summed E-state index contributed by atoms with van der Waals surface area (Å²) < 4.78 is 34.6. The minimum atomic E-state index is -1.60. The fourth-order valence-corrected chi connectivity index (χ4v) is 1.98. The number of methoxy groups -OCH3 is 1. The van der Waals surface area contributed by atoms with Gasteiger partial charge in [-0.05, 0) is 45.4 Å². The van der Waals surface area contributed by atoms with E-state index >= 15 is 0 Å². The van der Waals surface area contributed by atoms with Crippen molar-refractivity contribution in [3.05, 3.63) is 29.8 Å². The lowest BCUT2D eigenvalue weighted by Gasteiger charge is -2.29. The maximum atomic E-state index is 12.3. The first-order chi connectivity index (χ1) is 11.7. The van der Waals surface area contributed by atoms with Gasteiger partial charge in [-0.25, -0.2) is 14.0 Å². The largest absolute Gasteiger partial charge is 0.467 e. The molecule has 0 aromatic heterocycles. The fraction of sp³-hybridized carbons (Fsp3) is 0.529. The lowest BCUT2D eigenvalue weighted by Crippen LogP contribution is -2.55. The van der Waals surface area contributed by atoms with Crippen molar-refractivity contribution < 1.29 is 29.6 Å². The van der Waals surface area contributed by atoms with Gasteiger partial charge in [0.25, 0.3) is 0 Å². The Kier molecular flexibility index (Phi) is 6.00. The predicted octanol–water partition coefficient (Wildman–Crippen LogP) is 2.99. The van der Waals surface area contributed by atoms with Crippen molar-refractivity contribution in [1.82, 2.24) is 5.32 Å². The van der Waals surface area contributed by atoms with E-state index in [1.54, 1.807) is 32.9 Å². The van der Waals surface area contributed by atoms with Crippen LogP contribution in [0.1, 0.15) is 34.6 Å². The van der Waals surface area contributed by atoms with E-state index in [0.29, 0.717) is 11.3 Å². The van der Waals surface area contributed by atoms with Gasteiger partial charge >= 0.3 is 12.1 Å². The first-order valence-electron chi connectivity index (χ1n) is 8.03. The topological polar surface area (TPSA) is 73.9 Å². The summed E-state index contributed by atoms with van der Waals surface area (Å²) in [5, 5.41) is 2.46. The molecule has 0 unspecified atom stereocenters. The Bertz CT molecular complexity index is 588. The fourth-order valence-electron chi connectivity index (χ4n) is 1.98. The second-order valence-electron chi connectivity index (χ2n) is 6.27. The van der Waals surface area contributed by atoms with Gasteiger partial charge in [0.15, 0.2) is 0 Å². The van der Waals surface area contributed by atoms with Gasteiger partial charge in [0, 0.05) is 7.79 Å². The molecule has 0 aliphatic carbocycles. The third-order valence-electron chi connectivity index (χ3n) is 2.97. The monoisotopic (exact) mass is 342 g/mol. The highest BCUT2D eigenvalue weighted by molar-refractivity contribution is 5.85. The summed E-state index contributed by atoms with van der Waals surface area (Å²) in [7, 11) is 1.18. The van der Waals surface area contributed by atoms with Crippen LogP contribution < -0.4 is 10.1 Å². The van der Waals surface area contributed by atoms with Gasteiger partial charge in [-0.15, -0.1) is 0 Å². The summed E-state index contributed by atoms with van der Waals surface area (Å²) in [5.41, 5.74) is -1.71. The number of carbonyl (C=O) groups excluding carboxylic acids is 2. The van der Waals surface area contributed by atoms with Gasteiger partial charge in [-0.3, -0.25) is 0 Å². The van der Waals surface area contributed by atoms with E-state index in [4.69, 9.17) is 15.6 Å². The third-order valence-corrected chi connectivity index (χ3v) is 2.97. The molecule has 1 N–H and O–H groups in total. The van der Waals surface area contributed by atoms with Crippen LogP contribution in [-0.2, 0) is 20.7 Å². The van der Waals surface area contributed by atoms with Crippen LogP contribution in [0.4, 0.5) is 9.18 Å². The first kappa shape index (κ1) is 18.0. The Morgan fingerprint density at radius 3 is 2.33 bits per heavy atom. The van der Waals surface area contributed by atoms with E-state index < -0.39 is 37.0 Å². The molecule has 1 amide bonds. The molecule has 1 aromatic carbocycles. The van der Waals surface area contributed by atoms with Crippen molar-refractivity contribution in [3.8, 4) is 5.75 Å². The van der Waals surface area contributed by atoms with Crippen LogP contribution >= 0.6 is 0 Å². The smallest absolute Gasteiger partial charge is 0.408 e. The Hall–Kier alpha value is -2.31. The first-order valence-corrected chi connectivity index (χ1v) is 7.32. The molecule has 0 aliphatic heterocycles. The van der Waals surface area contributed by atoms with Crippen molar-refractivity contribution in [1.29, 1.82) is 0 Å². The van der Waals surface area contributed by atoms with Crippen LogP contribution in [0.3, 0.4) is 0 Å². The molecule has 0 aliphatic rings. The van der Waals surface area contributed by atoms with Crippen molar-refractivity contribution in [3.63, 3.8) is 0 Å². The number of amides is 1. The summed E-state index contributed by atoms with van der Waals surface area (Å²) >= 11 is 0. The molecule has 0 radical (unpaired) electrons. The number of hydrogen-bond acceptors (Lipinski definition) is 5. The Morgan fingerprint density at radius 1 is 1.25 bits per heavy atom. The quantitative estimate of drug-likeness (QED) is 0.805. The molecular weight excluding hydrogens is 317 g/mol. The number of nitrogens with one attached hydrogen (secondary N) is 1. The number of esters is 1. The molecule has 0 bridgehead atoms. The van der Waals surface area contributed by atoms with Crippen LogP contribution in [0.15, 0.2) is 24.3 Å². The summed E-state index contributed by atoms with van der Waals surface area (Å²) in [4.78, 5) is 24.4. The van der Waals surface area contributed by atoms with Gasteiger partial charge < -0.3 is 19.5 Å². The van der Waals surface area contributed by atoms with Gasteiger partial charge in [-0.1, -0.05) is 12.1 Å². The Labute approximate surface area is 142 Å². The molecule has 7 heteroatoms. The number of carbonyl (C=O) groups is 2. The third kappa shape index (κ3) is 6.06. The van der Waals surface area contributed by atoms with E-state index in [-0.39, 0.29) is 6.42 Å². The van der Waals surface area contributed by atoms with Crippen molar-refractivity contribution >= 4 is 12.1 Å². The lowest BCUT2D eigenvalue weighted by molar-refractivity contribution is -0.147. The molecule has 0 heterocycles. The number of ether oxygens (including phenoxy) is 3. The summed E-state index contributed by atoms with van der Waals surface area (Å²) in [6, 6.07) is 6.31. The zero-order chi connectivity index (χ0) is 19.1. The van der Waals surface area contributed by atoms with E-state index in [1.807, 2.05) is 0 Å². The zero-order valence-corrected chi connectivity index (χ0v) is 14.3. The molecule has 0 saturated carbocycles. The summed E-state index contributed by atoms with van der Waals surface area (Å²) in [5.74, 6) is -0.418. The number of alkyl carbamates (subject to hydrolysis) is 1. The Balaban J connectivity index is 3.02. The Morgan fingerprint density at radius 2 is 1.88 bits per heavy atom. The molecule has 0 spiro atoms. The van der Waals surface area contributed by atoms with Crippen LogP contribution in [-0.4, -0.2) is 37.2 Å². The van der Waals surface area contributed by atoms with Crippen LogP contribution in [0.5, 0.6) is 5.75 Å². The average molecular weight is 342 g/mol. The van der Waals surface area contributed by atoms with Crippen molar-refractivity contribution in [2.24, 2.45) is 0 Å². The van der Waals surface area contributed by atoms with Gasteiger partial charge in [0.1, 0.15) is 16.9 Å². The number of alkyl halides is 1. The number of benzene rings is 1. The summed E-state index contributed by atoms with van der Waals surface area (Å²) in [6.45, 7) is 3.68. The molecule has 6 nitrogen and oxygen atoms in total. The van der Waals surface area contributed by atoms with Crippen LogP contribution in [0, 0.1) is 0 Å². The zero-order valence-electron chi connectivity index (χ0n) is 15.3. The van der Waals surface area contributed by atoms with Crippen LogP contribution in [0.25, 0.3) is 0 Å². The van der Waals surface area contributed by atoms with Crippen LogP contribution in [0.2, 0.25) is 0 Å². The minimum Gasteiger partial charge on any atom is -0.467 e. The number of halogens is 1. The van der Waals surface area contributed by atoms with Gasteiger partial charge in [0.2, 0.25) is 6.86 Å². The normalized spacial score (nSPS) is 14.1. The molecule has 134 valence electrons. The predicted molar refractivity (Wildman–Crippen MR) is 86.5 cm³/mol. The van der Waals surface area contributed by atoms with E-state index in [1.165, 1.54) is 19.2 Å². The molecular formula is C17H24FNO5. The average Bonchev–Trinajstić information content (AvgIpc) is 2.53. The second kappa shape index (κ2) is 7.99. The van der Waals surface area contributed by atoms with E-state index in [2.05, 4.69) is 5.32 Å². The molecule has 0 fully saturated rings. The standard InChI is InChI=1S/C17H24FNO5/c1-16(2,3)24-15(21)19-17(4,14(20)22-5)10-12-6-8-13(9-7-12)23-11-18/h6-9H,10-11H2,1-5H3,(H,19,21)/t17-/m0/s1/i4D. The maximum absolute atomic E-state index is 12.3. The number of hydrogen-bond donors (Lipinski definition) is 1. The summed E-state index contributed by atoms with van der Waals surface area (Å²) in [6.07, 6.45) is -0.805. The molecule has 1 atom stereocenters. The van der Waals surface area contributed by atoms with E-state index in [0.717, 1.165) is 0 Å². The minimum absolute atomic E-state index is 0.0122.